The van der Waals surface area contributed by atoms with Crippen LogP contribution in [-0.2, 0) is 11.8 Å². The molecule has 3 rings (SSSR count). The Hall–Kier alpha value is -2.58. The SMILES string of the molecule is CCOC(=O)c1cc(SNc2nc(Cl)cc(-c3c(C)cccc3C)n2)nn1C. The molecule has 0 aliphatic rings. The fourth-order valence-corrected chi connectivity index (χ4v) is 3.60. The van der Waals surface area contributed by atoms with Gasteiger partial charge in [0.2, 0.25) is 5.95 Å². The van der Waals surface area contributed by atoms with Crippen LogP contribution in [0.4, 0.5) is 5.95 Å². The minimum atomic E-state index is -0.416. The minimum Gasteiger partial charge on any atom is -0.461 e. The maximum absolute atomic E-state index is 11.9. The number of esters is 1. The summed E-state index contributed by atoms with van der Waals surface area (Å²) >= 11 is 7.40. The third-order valence-corrected chi connectivity index (χ3v) is 4.91. The van der Waals surface area contributed by atoms with Crippen LogP contribution in [-0.4, -0.2) is 32.3 Å². The molecule has 0 radical (unpaired) electrons. The van der Waals surface area contributed by atoms with Gasteiger partial charge in [0.1, 0.15) is 15.9 Å². The molecule has 3 aromatic rings. The van der Waals surface area contributed by atoms with Crippen LogP contribution in [0, 0.1) is 13.8 Å². The second kappa shape index (κ2) is 8.62. The predicted molar refractivity (Wildman–Crippen MR) is 111 cm³/mol. The third-order valence-electron chi connectivity index (χ3n) is 4.02. The smallest absolute Gasteiger partial charge is 0.356 e. The van der Waals surface area contributed by atoms with Crippen molar-refractivity contribution in [3.8, 4) is 11.3 Å². The molecule has 1 N–H and O–H groups in total. The summed E-state index contributed by atoms with van der Waals surface area (Å²) in [6, 6.07) is 9.46. The zero-order valence-corrected chi connectivity index (χ0v) is 17.6. The molecule has 0 saturated carbocycles. The van der Waals surface area contributed by atoms with E-state index in [1.54, 1.807) is 26.1 Å². The molecule has 0 bridgehead atoms. The van der Waals surface area contributed by atoms with E-state index in [4.69, 9.17) is 16.3 Å². The molecular weight excluding hydrogens is 398 g/mol. The zero-order chi connectivity index (χ0) is 20.3. The molecule has 0 saturated heterocycles. The summed E-state index contributed by atoms with van der Waals surface area (Å²) in [4.78, 5) is 20.7. The van der Waals surface area contributed by atoms with Crippen molar-refractivity contribution >= 4 is 35.5 Å². The van der Waals surface area contributed by atoms with Gasteiger partial charge in [0, 0.05) is 36.7 Å². The van der Waals surface area contributed by atoms with Gasteiger partial charge in [-0.2, -0.15) is 5.10 Å². The second-order valence-electron chi connectivity index (χ2n) is 6.08. The van der Waals surface area contributed by atoms with Crippen molar-refractivity contribution in [2.45, 2.75) is 25.8 Å². The Balaban J connectivity index is 1.82. The summed E-state index contributed by atoms with van der Waals surface area (Å²) in [5.74, 6) is -0.0563. The van der Waals surface area contributed by atoms with E-state index < -0.39 is 5.97 Å². The van der Waals surface area contributed by atoms with E-state index in [1.165, 1.54) is 16.6 Å². The number of nitrogens with zero attached hydrogens (tertiary/aromatic N) is 4. The Bertz CT molecular complexity index is 1000. The van der Waals surface area contributed by atoms with Crippen LogP contribution in [0.5, 0.6) is 0 Å². The maximum Gasteiger partial charge on any atom is 0.356 e. The van der Waals surface area contributed by atoms with E-state index in [0.29, 0.717) is 28.4 Å². The van der Waals surface area contributed by atoms with Gasteiger partial charge >= 0.3 is 5.97 Å². The fourth-order valence-electron chi connectivity index (χ4n) is 2.79. The first-order chi connectivity index (χ1) is 13.4. The lowest BCUT2D eigenvalue weighted by molar-refractivity contribution is 0.0513. The molecule has 0 atom stereocenters. The van der Waals surface area contributed by atoms with E-state index in [1.807, 2.05) is 32.0 Å². The number of aryl methyl sites for hydroxylation is 3. The second-order valence-corrected chi connectivity index (χ2v) is 7.30. The molecular formula is C19H20ClN5O2S. The molecule has 0 aliphatic heterocycles. The average molecular weight is 418 g/mol. The minimum absolute atomic E-state index is 0.308. The first kappa shape index (κ1) is 20.2. The van der Waals surface area contributed by atoms with Gasteiger partial charge in [-0.1, -0.05) is 29.8 Å². The molecule has 0 fully saturated rings. The van der Waals surface area contributed by atoms with Crippen LogP contribution in [0.3, 0.4) is 0 Å². The van der Waals surface area contributed by atoms with Crippen LogP contribution < -0.4 is 4.72 Å². The third kappa shape index (κ3) is 4.45. The van der Waals surface area contributed by atoms with Gasteiger partial charge in [0.25, 0.3) is 0 Å². The monoisotopic (exact) mass is 417 g/mol. The van der Waals surface area contributed by atoms with Crippen LogP contribution in [0.1, 0.15) is 28.5 Å². The molecule has 1 aromatic carbocycles. The van der Waals surface area contributed by atoms with Crippen molar-refractivity contribution in [2.24, 2.45) is 7.05 Å². The molecule has 0 aliphatic carbocycles. The van der Waals surface area contributed by atoms with Crippen molar-refractivity contribution in [1.29, 1.82) is 0 Å². The number of halogens is 1. The number of aromatic nitrogens is 4. The molecule has 2 heterocycles. The average Bonchev–Trinajstić information content (AvgIpc) is 3.00. The lowest BCUT2D eigenvalue weighted by atomic mass is 10.00. The Labute approximate surface area is 172 Å². The lowest BCUT2D eigenvalue weighted by Crippen LogP contribution is -2.10. The Kier molecular flexibility index (Phi) is 6.21. The van der Waals surface area contributed by atoms with E-state index in [9.17, 15) is 4.79 Å². The van der Waals surface area contributed by atoms with Crippen LogP contribution in [0.25, 0.3) is 11.3 Å². The number of carbonyl (C=O) groups is 1. The Morgan fingerprint density at radius 1 is 1.25 bits per heavy atom. The van der Waals surface area contributed by atoms with Gasteiger partial charge in [-0.05, 0) is 31.9 Å². The number of hydrogen-bond donors (Lipinski definition) is 1. The molecule has 0 amide bonds. The van der Waals surface area contributed by atoms with Gasteiger partial charge in [-0.3, -0.25) is 9.40 Å². The highest BCUT2D eigenvalue weighted by Gasteiger charge is 2.15. The quantitative estimate of drug-likeness (QED) is 0.360. The number of nitrogens with one attached hydrogen (secondary N) is 1. The van der Waals surface area contributed by atoms with Gasteiger partial charge < -0.3 is 4.74 Å². The number of benzene rings is 1. The summed E-state index contributed by atoms with van der Waals surface area (Å²) < 4.78 is 9.54. The normalized spacial score (nSPS) is 10.8. The molecule has 0 unspecified atom stereocenters. The van der Waals surface area contributed by atoms with Crippen LogP contribution in [0.2, 0.25) is 5.15 Å². The van der Waals surface area contributed by atoms with Gasteiger partial charge in [-0.15, -0.1) is 0 Å². The number of hydrogen-bond acceptors (Lipinski definition) is 7. The maximum atomic E-state index is 11.9. The Morgan fingerprint density at radius 2 is 1.96 bits per heavy atom. The first-order valence-corrected chi connectivity index (χ1v) is 9.83. The summed E-state index contributed by atoms with van der Waals surface area (Å²) in [5.41, 5.74) is 4.36. The molecule has 0 spiro atoms. The summed E-state index contributed by atoms with van der Waals surface area (Å²) in [6.07, 6.45) is 0. The van der Waals surface area contributed by atoms with Gasteiger partial charge in [0.15, 0.2) is 0 Å². The summed E-state index contributed by atoms with van der Waals surface area (Å²) in [5, 5.41) is 5.21. The van der Waals surface area contributed by atoms with Crippen molar-refractivity contribution < 1.29 is 9.53 Å². The van der Waals surface area contributed by atoms with Gasteiger partial charge in [-0.25, -0.2) is 14.8 Å². The van der Waals surface area contributed by atoms with Crippen molar-refractivity contribution in [3.05, 3.63) is 52.3 Å². The van der Waals surface area contributed by atoms with Crippen LogP contribution in [0.15, 0.2) is 35.4 Å². The van der Waals surface area contributed by atoms with Gasteiger partial charge in [0.05, 0.1) is 12.3 Å². The predicted octanol–water partition coefficient (Wildman–Crippen LogP) is 4.44. The highest BCUT2D eigenvalue weighted by atomic mass is 35.5. The zero-order valence-electron chi connectivity index (χ0n) is 16.0. The van der Waals surface area contributed by atoms with Crippen LogP contribution >= 0.6 is 23.5 Å². The van der Waals surface area contributed by atoms with E-state index in [-0.39, 0.29) is 0 Å². The molecule has 7 nitrogen and oxygen atoms in total. The molecule has 146 valence electrons. The van der Waals surface area contributed by atoms with E-state index in [2.05, 4.69) is 19.8 Å². The van der Waals surface area contributed by atoms with E-state index in [0.717, 1.165) is 22.4 Å². The topological polar surface area (TPSA) is 81.9 Å². The molecule has 2 aromatic heterocycles. The number of anilines is 1. The fraction of sp³-hybridized carbons (Fsp3) is 0.263. The summed E-state index contributed by atoms with van der Waals surface area (Å²) in [7, 11) is 1.69. The number of carbonyl (C=O) groups excluding carboxylic acids is 1. The van der Waals surface area contributed by atoms with Crippen molar-refractivity contribution in [1.82, 2.24) is 19.7 Å². The summed E-state index contributed by atoms with van der Waals surface area (Å²) in [6.45, 7) is 6.13. The number of ether oxygens (including phenoxy) is 1. The Morgan fingerprint density at radius 3 is 2.64 bits per heavy atom. The largest absolute Gasteiger partial charge is 0.461 e. The number of rotatable bonds is 6. The highest BCUT2D eigenvalue weighted by molar-refractivity contribution is 8.00. The van der Waals surface area contributed by atoms with E-state index >= 15 is 0 Å². The molecule has 9 heteroatoms. The molecule has 28 heavy (non-hydrogen) atoms. The standard InChI is InChI=1S/C19H20ClN5O2S/c1-5-27-18(26)14-10-16(23-25(14)4)28-24-19-21-13(9-15(20)22-19)17-11(2)7-6-8-12(17)3/h6-10H,5H2,1-4H3,(H,21,22,24). The lowest BCUT2D eigenvalue weighted by Gasteiger charge is -2.11. The highest BCUT2D eigenvalue weighted by Crippen LogP contribution is 2.29. The first-order valence-electron chi connectivity index (χ1n) is 8.64. The van der Waals surface area contributed by atoms with Crippen molar-refractivity contribution in [2.75, 3.05) is 11.3 Å². The van der Waals surface area contributed by atoms with Crippen molar-refractivity contribution in [3.63, 3.8) is 0 Å².